The SMILES string of the molecule is CC(NC(=O)O)C(=O)NC(C)(C)Cc1cccc(C(F)(F)F)c1. The van der Waals surface area contributed by atoms with Crippen molar-refractivity contribution in [1.29, 1.82) is 0 Å². The number of amides is 2. The van der Waals surface area contributed by atoms with Gasteiger partial charge in [-0.25, -0.2) is 4.79 Å². The smallest absolute Gasteiger partial charge is 0.416 e. The van der Waals surface area contributed by atoms with E-state index >= 15 is 0 Å². The third-order valence-corrected chi connectivity index (χ3v) is 3.10. The first kappa shape index (κ1) is 18.8. The van der Waals surface area contributed by atoms with E-state index in [2.05, 4.69) is 5.32 Å². The van der Waals surface area contributed by atoms with Gasteiger partial charge in [-0.3, -0.25) is 4.79 Å². The molecule has 0 saturated carbocycles. The van der Waals surface area contributed by atoms with Crippen LogP contribution in [0.4, 0.5) is 18.0 Å². The minimum Gasteiger partial charge on any atom is -0.465 e. The number of alkyl halides is 3. The monoisotopic (exact) mass is 332 g/mol. The van der Waals surface area contributed by atoms with Crippen LogP contribution in [0, 0.1) is 0 Å². The van der Waals surface area contributed by atoms with Crippen LogP contribution in [0.1, 0.15) is 31.9 Å². The van der Waals surface area contributed by atoms with Crippen molar-refractivity contribution in [3.63, 3.8) is 0 Å². The molecule has 2 amide bonds. The third-order valence-electron chi connectivity index (χ3n) is 3.10. The summed E-state index contributed by atoms with van der Waals surface area (Å²) in [6.45, 7) is 4.68. The van der Waals surface area contributed by atoms with Crippen molar-refractivity contribution in [2.24, 2.45) is 0 Å². The Bertz CT molecular complexity index is 586. The molecule has 0 fully saturated rings. The number of nitrogens with one attached hydrogen (secondary N) is 2. The number of hydrogen-bond donors (Lipinski definition) is 3. The summed E-state index contributed by atoms with van der Waals surface area (Å²) < 4.78 is 38.1. The molecule has 0 heterocycles. The van der Waals surface area contributed by atoms with Crippen molar-refractivity contribution >= 4 is 12.0 Å². The van der Waals surface area contributed by atoms with E-state index in [0.29, 0.717) is 5.56 Å². The second kappa shape index (κ2) is 6.89. The quantitative estimate of drug-likeness (QED) is 0.776. The van der Waals surface area contributed by atoms with Gasteiger partial charge >= 0.3 is 12.3 Å². The summed E-state index contributed by atoms with van der Waals surface area (Å²) >= 11 is 0. The molecule has 3 N–H and O–H groups in total. The molecule has 1 atom stereocenters. The highest BCUT2D eigenvalue weighted by Gasteiger charge is 2.31. The maximum Gasteiger partial charge on any atom is 0.416 e. The standard InChI is InChI=1S/C15H19F3N2O3/c1-9(19-13(22)23)12(21)20-14(2,3)8-10-5-4-6-11(7-10)15(16,17)18/h4-7,9,19H,8H2,1-3H3,(H,20,21)(H,22,23). The summed E-state index contributed by atoms with van der Waals surface area (Å²) in [6.07, 6.45) is -5.59. The maximum atomic E-state index is 12.7. The number of halogens is 3. The van der Waals surface area contributed by atoms with E-state index in [1.165, 1.54) is 13.0 Å². The van der Waals surface area contributed by atoms with Gasteiger partial charge in [0.15, 0.2) is 0 Å². The van der Waals surface area contributed by atoms with Crippen LogP contribution in [-0.4, -0.2) is 28.7 Å². The van der Waals surface area contributed by atoms with Crippen LogP contribution in [0.5, 0.6) is 0 Å². The Hall–Kier alpha value is -2.25. The molecular formula is C15H19F3N2O3. The third kappa shape index (κ3) is 6.17. The fraction of sp³-hybridized carbons (Fsp3) is 0.467. The van der Waals surface area contributed by atoms with Gasteiger partial charge in [0.2, 0.25) is 5.91 Å². The fourth-order valence-corrected chi connectivity index (χ4v) is 2.10. The lowest BCUT2D eigenvalue weighted by atomic mass is 9.93. The predicted octanol–water partition coefficient (Wildman–Crippen LogP) is 2.80. The van der Waals surface area contributed by atoms with Gasteiger partial charge in [0.1, 0.15) is 6.04 Å². The zero-order valence-electron chi connectivity index (χ0n) is 13.0. The largest absolute Gasteiger partial charge is 0.465 e. The van der Waals surface area contributed by atoms with Crippen molar-refractivity contribution in [3.05, 3.63) is 35.4 Å². The van der Waals surface area contributed by atoms with E-state index in [4.69, 9.17) is 5.11 Å². The zero-order valence-corrected chi connectivity index (χ0v) is 13.0. The zero-order chi connectivity index (χ0) is 17.8. The number of carbonyl (C=O) groups excluding carboxylic acids is 1. The normalized spacial score (nSPS) is 13.3. The molecule has 5 nitrogen and oxygen atoms in total. The number of hydrogen-bond acceptors (Lipinski definition) is 2. The average Bonchev–Trinajstić information content (AvgIpc) is 2.35. The summed E-state index contributed by atoms with van der Waals surface area (Å²) in [5.74, 6) is -0.552. The van der Waals surface area contributed by atoms with Crippen LogP contribution in [0.25, 0.3) is 0 Å². The Kier molecular flexibility index (Phi) is 5.63. The molecule has 1 rings (SSSR count). The molecule has 8 heteroatoms. The van der Waals surface area contributed by atoms with Gasteiger partial charge in [0.25, 0.3) is 0 Å². The molecule has 0 aromatic heterocycles. The molecule has 1 aromatic carbocycles. The molecule has 0 spiro atoms. The molecule has 0 aliphatic carbocycles. The second-order valence-electron chi connectivity index (χ2n) is 5.92. The summed E-state index contributed by atoms with van der Waals surface area (Å²) in [4.78, 5) is 22.4. The maximum absolute atomic E-state index is 12.7. The molecule has 0 saturated heterocycles. The minimum absolute atomic E-state index is 0.169. The molecule has 1 unspecified atom stereocenters. The van der Waals surface area contributed by atoms with Crippen molar-refractivity contribution < 1.29 is 27.9 Å². The van der Waals surface area contributed by atoms with Crippen molar-refractivity contribution in [2.75, 3.05) is 0 Å². The minimum atomic E-state index is -4.43. The Balaban J connectivity index is 2.79. The highest BCUT2D eigenvalue weighted by Crippen LogP contribution is 2.30. The molecule has 0 bridgehead atoms. The average molecular weight is 332 g/mol. The Morgan fingerprint density at radius 2 is 1.87 bits per heavy atom. The second-order valence-corrected chi connectivity index (χ2v) is 5.92. The molecule has 0 radical (unpaired) electrons. The molecular weight excluding hydrogens is 313 g/mol. The van der Waals surface area contributed by atoms with Gasteiger partial charge in [-0.15, -0.1) is 0 Å². The van der Waals surface area contributed by atoms with Crippen molar-refractivity contribution in [3.8, 4) is 0 Å². The summed E-state index contributed by atoms with van der Waals surface area (Å²) in [7, 11) is 0. The van der Waals surface area contributed by atoms with Gasteiger partial charge in [0, 0.05) is 5.54 Å². The summed E-state index contributed by atoms with van der Waals surface area (Å²) in [5, 5.41) is 13.2. The number of rotatable bonds is 5. The number of carboxylic acid groups (broad SMARTS) is 1. The summed E-state index contributed by atoms with van der Waals surface area (Å²) in [6, 6.07) is 3.90. The van der Waals surface area contributed by atoms with E-state index in [0.717, 1.165) is 12.1 Å². The van der Waals surface area contributed by atoms with Crippen molar-refractivity contribution in [2.45, 2.75) is 44.9 Å². The number of benzene rings is 1. The Labute approximate surface area is 131 Å². The van der Waals surface area contributed by atoms with Gasteiger partial charge in [0.05, 0.1) is 5.56 Å². The lowest BCUT2D eigenvalue weighted by molar-refractivity contribution is -0.137. The van der Waals surface area contributed by atoms with E-state index in [1.54, 1.807) is 19.9 Å². The Morgan fingerprint density at radius 1 is 1.26 bits per heavy atom. The van der Waals surface area contributed by atoms with E-state index in [1.807, 2.05) is 5.32 Å². The van der Waals surface area contributed by atoms with Gasteiger partial charge in [-0.2, -0.15) is 13.2 Å². The molecule has 0 aliphatic heterocycles. The Morgan fingerprint density at radius 3 is 2.39 bits per heavy atom. The van der Waals surface area contributed by atoms with Crippen LogP contribution in [0.3, 0.4) is 0 Å². The molecule has 128 valence electrons. The highest BCUT2D eigenvalue weighted by atomic mass is 19.4. The van der Waals surface area contributed by atoms with E-state index < -0.39 is 35.3 Å². The fourth-order valence-electron chi connectivity index (χ4n) is 2.10. The van der Waals surface area contributed by atoms with E-state index in [9.17, 15) is 22.8 Å². The molecule has 0 aliphatic rings. The van der Waals surface area contributed by atoms with Crippen molar-refractivity contribution in [1.82, 2.24) is 10.6 Å². The van der Waals surface area contributed by atoms with Crippen LogP contribution >= 0.6 is 0 Å². The van der Waals surface area contributed by atoms with Crippen LogP contribution in [0.15, 0.2) is 24.3 Å². The predicted molar refractivity (Wildman–Crippen MR) is 78.0 cm³/mol. The van der Waals surface area contributed by atoms with Crippen LogP contribution < -0.4 is 10.6 Å². The number of carbonyl (C=O) groups is 2. The first-order valence-electron chi connectivity index (χ1n) is 6.88. The molecule has 23 heavy (non-hydrogen) atoms. The lowest BCUT2D eigenvalue weighted by Gasteiger charge is -2.28. The first-order valence-corrected chi connectivity index (χ1v) is 6.88. The van der Waals surface area contributed by atoms with Gasteiger partial charge in [-0.05, 0) is 38.8 Å². The first-order chi connectivity index (χ1) is 10.4. The van der Waals surface area contributed by atoms with Gasteiger partial charge in [-0.1, -0.05) is 18.2 Å². The molecule has 1 aromatic rings. The topological polar surface area (TPSA) is 78.4 Å². The van der Waals surface area contributed by atoms with Crippen LogP contribution in [0.2, 0.25) is 0 Å². The van der Waals surface area contributed by atoms with E-state index in [-0.39, 0.29) is 6.42 Å². The summed E-state index contributed by atoms with van der Waals surface area (Å²) in [5.41, 5.74) is -1.17. The van der Waals surface area contributed by atoms with Gasteiger partial charge < -0.3 is 15.7 Å². The highest BCUT2D eigenvalue weighted by molar-refractivity contribution is 5.85. The lowest BCUT2D eigenvalue weighted by Crippen LogP contribution is -2.52. The van der Waals surface area contributed by atoms with Crippen LogP contribution in [-0.2, 0) is 17.4 Å².